The van der Waals surface area contributed by atoms with Gasteiger partial charge in [0.05, 0.1) is 11.3 Å². The minimum atomic E-state index is -2.67. The molecule has 7 saturated carbocycles. The smallest absolute Gasteiger partial charge is 0.310 e. The number of amides is 2. The van der Waals surface area contributed by atoms with Gasteiger partial charge in [-0.1, -0.05) is 74.5 Å². The normalized spacial score (nSPS) is 47.4. The molecule has 0 aromatic heterocycles. The Morgan fingerprint density at radius 2 is 1.49 bits per heavy atom. The molecule has 0 unspecified atom stereocenters. The van der Waals surface area contributed by atoms with E-state index in [1.54, 1.807) is 4.90 Å². The Balaban J connectivity index is 0.952. The summed E-state index contributed by atoms with van der Waals surface area (Å²) in [4.78, 5) is 57.8. The number of nitrogens with zero attached hydrogens (tertiary/aromatic N) is 2. The van der Waals surface area contributed by atoms with Crippen molar-refractivity contribution < 1.29 is 37.2 Å². The van der Waals surface area contributed by atoms with Crippen molar-refractivity contribution in [1.82, 2.24) is 15.1 Å². The molecule has 8 aliphatic rings. The highest BCUT2D eigenvalue weighted by Gasteiger charge is 2.73. The summed E-state index contributed by atoms with van der Waals surface area (Å²) in [5.74, 6) is -0.186. The molecule has 7 aliphatic carbocycles. The number of fused-ring (bicyclic) bond motifs is 7. The molecular formula is C52H83N3O6. The van der Waals surface area contributed by atoms with Crippen LogP contribution in [0.3, 0.4) is 0 Å². The Kier molecular flexibility index (Phi) is 9.20. The van der Waals surface area contributed by atoms with E-state index in [1.807, 2.05) is 13.8 Å². The first kappa shape index (κ1) is 37.9. The third-order valence-corrected chi connectivity index (χ3v) is 21.3. The summed E-state index contributed by atoms with van der Waals surface area (Å²) in [5.41, 5.74) is -0.303. The number of carbonyl (C=O) groups is 4. The number of aliphatic carboxylic acids is 1. The van der Waals surface area contributed by atoms with Crippen LogP contribution in [0.2, 0.25) is 0 Å². The van der Waals surface area contributed by atoms with Gasteiger partial charge >= 0.3 is 11.9 Å². The third kappa shape index (κ3) is 6.57. The fraction of sp³-hybridized carbons (Fsp3) is 0.885. The average Bonchev–Trinajstić information content (AvgIpc) is 3.50. The molecule has 1 saturated heterocycles. The van der Waals surface area contributed by atoms with Crippen LogP contribution in [-0.2, 0) is 23.9 Å². The van der Waals surface area contributed by atoms with Crippen molar-refractivity contribution in [1.29, 1.82) is 0 Å². The Morgan fingerprint density at radius 1 is 0.803 bits per heavy atom. The largest absolute Gasteiger partial charge is 0.481 e. The number of rotatable bonds is 9. The van der Waals surface area contributed by atoms with Crippen LogP contribution in [0.15, 0.2) is 12.2 Å². The molecule has 8 fully saturated rings. The second-order valence-corrected chi connectivity index (χ2v) is 24.5. The molecule has 0 aromatic rings. The highest BCUT2D eigenvalue weighted by molar-refractivity contribution is 5.86. The predicted octanol–water partition coefficient (Wildman–Crippen LogP) is 9.39. The van der Waals surface area contributed by atoms with E-state index < -0.39 is 36.5 Å². The standard InChI is InChI=1S/C52H83N3O6/c1-30(2)32-16-21-52(45(60)53-38-28-35(46(38,5)6)43(58)55-26-24-54(25-27-55)31(3)4)23-22-50(12)33(41(32)52)14-15-37-49(11)19-18-39(48(9,10)36(49)17-20-51(37,50)13)61-44(59)42-34(29-40(56)57)47(42,7)8/h31-39,41-42H,1,14-29H2,2-13H3,(H,53,60)(H,56,57)/t32-,33+,34+,35+,36-,37+,38+,39-,41+,42+,49-,50+,51+,52-/m0/s1/i3D3,4D3. The number of allylic oxidation sites excluding steroid dienone is 1. The molecule has 0 bridgehead atoms. The lowest BCUT2D eigenvalue weighted by molar-refractivity contribution is -0.249. The van der Waals surface area contributed by atoms with Gasteiger partial charge in [-0.15, -0.1) is 0 Å². The summed E-state index contributed by atoms with van der Waals surface area (Å²) < 4.78 is 53.8. The minimum absolute atomic E-state index is 0.0112. The molecule has 61 heavy (non-hydrogen) atoms. The monoisotopic (exact) mass is 852 g/mol. The lowest BCUT2D eigenvalue weighted by Gasteiger charge is -2.73. The van der Waals surface area contributed by atoms with E-state index in [9.17, 15) is 19.5 Å². The van der Waals surface area contributed by atoms with Crippen LogP contribution in [-0.4, -0.2) is 83.0 Å². The highest BCUT2D eigenvalue weighted by atomic mass is 16.5. The van der Waals surface area contributed by atoms with E-state index >= 15 is 4.79 Å². The number of carbonyl (C=O) groups excluding carboxylic acids is 3. The summed E-state index contributed by atoms with van der Waals surface area (Å²) in [7, 11) is 0. The number of esters is 1. The van der Waals surface area contributed by atoms with E-state index in [0.29, 0.717) is 24.2 Å². The first-order chi connectivity index (χ1) is 30.7. The van der Waals surface area contributed by atoms with Crippen molar-refractivity contribution in [2.45, 2.75) is 178 Å². The number of ether oxygens (including phenoxy) is 1. The van der Waals surface area contributed by atoms with Crippen LogP contribution in [0.25, 0.3) is 0 Å². The van der Waals surface area contributed by atoms with Gasteiger partial charge in [-0.2, -0.15) is 0 Å². The van der Waals surface area contributed by atoms with Crippen molar-refractivity contribution >= 4 is 23.8 Å². The SMILES string of the molecule is [2H]C([2H])([2H])C(N1CCN(C(=O)[C@H]2C[C@@H](NC(=O)[C@]34CC[C@@H](C(=C)C)[C@@H]3[C@H]3CC[C@@H]5[C@@]6(C)CC[C@H](OC(=O)[C@H]7[C@@H](CC(=O)O)C7(C)C)C(C)(C)[C@@H]6CC[C@@]5(C)[C@]3(C)CC4)C2(C)C)CC1)C([2H])([2H])[2H]. The van der Waals surface area contributed by atoms with Crippen molar-refractivity contribution in [2.24, 2.45) is 85.2 Å². The van der Waals surface area contributed by atoms with Crippen LogP contribution in [0.5, 0.6) is 0 Å². The zero-order chi connectivity index (χ0) is 49.6. The molecule has 342 valence electrons. The van der Waals surface area contributed by atoms with Crippen LogP contribution in [0, 0.1) is 85.2 Å². The Labute approximate surface area is 377 Å². The van der Waals surface area contributed by atoms with Crippen LogP contribution in [0.4, 0.5) is 0 Å². The second-order valence-electron chi connectivity index (χ2n) is 24.5. The number of hydrogen-bond acceptors (Lipinski definition) is 6. The highest BCUT2D eigenvalue weighted by Crippen LogP contribution is 2.78. The lowest BCUT2D eigenvalue weighted by Crippen LogP contribution is -2.68. The number of nitrogens with one attached hydrogen (secondary N) is 1. The maximum atomic E-state index is 15.2. The van der Waals surface area contributed by atoms with Crippen LogP contribution >= 0.6 is 0 Å². The Hall–Kier alpha value is -2.42. The van der Waals surface area contributed by atoms with Gasteiger partial charge in [-0.25, -0.2) is 0 Å². The minimum Gasteiger partial charge on any atom is -0.481 e. The van der Waals surface area contributed by atoms with Gasteiger partial charge in [0.1, 0.15) is 6.10 Å². The molecule has 9 nitrogen and oxygen atoms in total. The summed E-state index contributed by atoms with van der Waals surface area (Å²) in [6.07, 6.45) is 10.0. The topological polar surface area (TPSA) is 116 Å². The zero-order valence-electron chi connectivity index (χ0n) is 45.3. The first-order valence-electron chi connectivity index (χ1n) is 27.1. The van der Waals surface area contributed by atoms with Crippen LogP contribution in [0.1, 0.15) is 168 Å². The van der Waals surface area contributed by atoms with E-state index in [0.717, 1.165) is 64.2 Å². The molecule has 0 aromatic carbocycles. The van der Waals surface area contributed by atoms with Gasteiger partial charge in [0.15, 0.2) is 0 Å². The van der Waals surface area contributed by atoms with Crippen LogP contribution < -0.4 is 5.32 Å². The van der Waals surface area contributed by atoms with Gasteiger partial charge in [0, 0.05) is 64.2 Å². The summed E-state index contributed by atoms with van der Waals surface area (Å²) in [6, 6.07) is -1.74. The van der Waals surface area contributed by atoms with Crippen molar-refractivity contribution in [2.75, 3.05) is 26.2 Å². The fourth-order valence-corrected chi connectivity index (χ4v) is 17.0. The molecular weight excluding hydrogens is 763 g/mol. The quantitative estimate of drug-likeness (QED) is 0.176. The van der Waals surface area contributed by atoms with Gasteiger partial charge in [0.25, 0.3) is 0 Å². The molecule has 1 aliphatic heterocycles. The summed E-state index contributed by atoms with van der Waals surface area (Å²) >= 11 is 0. The third-order valence-electron chi connectivity index (χ3n) is 21.3. The molecule has 9 heteroatoms. The van der Waals surface area contributed by atoms with Crippen molar-refractivity contribution in [3.63, 3.8) is 0 Å². The molecule has 0 radical (unpaired) electrons. The number of carboxylic acids is 1. The Morgan fingerprint density at radius 3 is 2.11 bits per heavy atom. The second kappa shape index (κ2) is 14.8. The first-order valence-corrected chi connectivity index (χ1v) is 24.1. The summed E-state index contributed by atoms with van der Waals surface area (Å²) in [6.45, 7) is 22.7. The maximum Gasteiger partial charge on any atom is 0.310 e. The molecule has 2 N–H and O–H groups in total. The predicted molar refractivity (Wildman–Crippen MR) is 239 cm³/mol. The lowest BCUT2D eigenvalue weighted by atomic mass is 9.32. The molecule has 2 amide bonds. The van der Waals surface area contributed by atoms with E-state index in [-0.39, 0.29) is 119 Å². The fourth-order valence-electron chi connectivity index (χ4n) is 17.0. The molecule has 1 heterocycles. The summed E-state index contributed by atoms with van der Waals surface area (Å²) in [5, 5.41) is 13.1. The maximum absolute atomic E-state index is 15.2. The van der Waals surface area contributed by atoms with Crippen molar-refractivity contribution in [3.8, 4) is 0 Å². The number of piperazine rings is 1. The Bertz CT molecular complexity index is 2010. The van der Waals surface area contributed by atoms with Gasteiger partial charge in [-0.3, -0.25) is 24.1 Å². The average molecular weight is 852 g/mol. The number of carboxylic acid groups (broad SMARTS) is 1. The number of hydrogen-bond donors (Lipinski definition) is 2. The molecule has 14 atom stereocenters. The van der Waals surface area contributed by atoms with Crippen molar-refractivity contribution in [3.05, 3.63) is 12.2 Å². The van der Waals surface area contributed by atoms with Gasteiger partial charge in [0.2, 0.25) is 11.8 Å². The molecule has 8 rings (SSSR count). The zero-order valence-corrected chi connectivity index (χ0v) is 39.3. The van der Waals surface area contributed by atoms with E-state index in [1.165, 1.54) is 10.5 Å². The van der Waals surface area contributed by atoms with E-state index in [4.69, 9.17) is 13.0 Å². The molecule has 0 spiro atoms. The van der Waals surface area contributed by atoms with Gasteiger partial charge in [-0.05, 0) is 154 Å². The van der Waals surface area contributed by atoms with E-state index in [2.05, 4.69) is 67.3 Å². The van der Waals surface area contributed by atoms with Gasteiger partial charge < -0.3 is 20.1 Å².